The second-order valence-corrected chi connectivity index (χ2v) is 6.96. The Morgan fingerprint density at radius 2 is 2.19 bits per heavy atom. The van der Waals surface area contributed by atoms with E-state index in [0.717, 1.165) is 54.0 Å². The van der Waals surface area contributed by atoms with E-state index in [2.05, 4.69) is 30.5 Å². The van der Waals surface area contributed by atoms with Gasteiger partial charge in [0.1, 0.15) is 17.8 Å². The van der Waals surface area contributed by atoms with Crippen LogP contribution in [0.25, 0.3) is 11.0 Å². The highest BCUT2D eigenvalue weighted by atomic mass is 16.2. The number of nitrogens with one attached hydrogen (secondary N) is 3. The Balaban J connectivity index is 1.36. The summed E-state index contributed by atoms with van der Waals surface area (Å²) in [4.78, 5) is 26.5. The first-order chi connectivity index (χ1) is 13.2. The fourth-order valence-corrected chi connectivity index (χ4v) is 3.62. The molecule has 7 heteroatoms. The lowest BCUT2D eigenvalue weighted by molar-refractivity contribution is -0.120. The molecular weight excluding hydrogens is 340 g/mol. The van der Waals surface area contributed by atoms with Gasteiger partial charge in [-0.2, -0.15) is 0 Å². The van der Waals surface area contributed by atoms with Crippen molar-refractivity contribution in [3.63, 3.8) is 0 Å². The first-order valence-electron chi connectivity index (χ1n) is 9.32. The van der Waals surface area contributed by atoms with Crippen LogP contribution in [0.4, 0.5) is 11.5 Å². The van der Waals surface area contributed by atoms with Crippen molar-refractivity contribution in [3.8, 4) is 0 Å². The number of nitrogens with zero attached hydrogens (tertiary/aromatic N) is 3. The number of carbonyl (C=O) groups is 1. The van der Waals surface area contributed by atoms with Gasteiger partial charge in [-0.1, -0.05) is 18.2 Å². The molecule has 4 rings (SSSR count). The third kappa shape index (κ3) is 3.86. The van der Waals surface area contributed by atoms with E-state index in [9.17, 15) is 4.79 Å². The van der Waals surface area contributed by atoms with Gasteiger partial charge in [-0.25, -0.2) is 9.97 Å². The summed E-state index contributed by atoms with van der Waals surface area (Å²) in [6, 6.07) is 10.1. The maximum atomic E-state index is 12.4. The number of fused-ring (bicyclic) bond motifs is 1. The summed E-state index contributed by atoms with van der Waals surface area (Å²) in [5.41, 5.74) is 2.97. The average Bonchev–Trinajstić information content (AvgIpc) is 3.16. The van der Waals surface area contributed by atoms with Crippen molar-refractivity contribution in [1.29, 1.82) is 0 Å². The Morgan fingerprint density at radius 3 is 3.07 bits per heavy atom. The standard InChI is InChI=1S/C20H24N6O/c1-14-5-2-3-7-17(14)22-11-18(27)25-15-6-4-10-26(12-15)20-16-8-9-21-19(16)23-13-24-20/h2-3,5,7-9,13,15,22H,4,6,10-12H2,1H3,(H,25,27)(H,21,23,24)/t15-/m1/s1. The fraction of sp³-hybridized carbons (Fsp3) is 0.350. The van der Waals surface area contributed by atoms with Crippen molar-refractivity contribution in [2.45, 2.75) is 25.8 Å². The molecule has 140 valence electrons. The maximum Gasteiger partial charge on any atom is 0.239 e. The number of amides is 1. The summed E-state index contributed by atoms with van der Waals surface area (Å²) in [5, 5.41) is 7.39. The number of aromatic nitrogens is 3. The number of para-hydroxylation sites is 1. The van der Waals surface area contributed by atoms with Crippen molar-refractivity contribution >= 4 is 28.4 Å². The highest BCUT2D eigenvalue weighted by Gasteiger charge is 2.23. The van der Waals surface area contributed by atoms with Crippen LogP contribution in [0.3, 0.4) is 0 Å². The zero-order valence-corrected chi connectivity index (χ0v) is 15.4. The fourth-order valence-electron chi connectivity index (χ4n) is 3.62. The Morgan fingerprint density at radius 1 is 1.30 bits per heavy atom. The Kier molecular flexibility index (Phi) is 4.91. The van der Waals surface area contributed by atoms with Crippen LogP contribution in [-0.2, 0) is 4.79 Å². The number of rotatable bonds is 5. The predicted octanol–water partition coefficient (Wildman–Crippen LogP) is 2.46. The summed E-state index contributed by atoms with van der Waals surface area (Å²) in [5.74, 6) is 0.942. The topological polar surface area (TPSA) is 85.9 Å². The van der Waals surface area contributed by atoms with E-state index >= 15 is 0 Å². The minimum atomic E-state index is 0.0135. The molecule has 0 unspecified atom stereocenters. The molecule has 0 bridgehead atoms. The number of H-pyrrole nitrogens is 1. The number of aryl methyl sites for hydroxylation is 1. The highest BCUT2D eigenvalue weighted by molar-refractivity contribution is 5.87. The van der Waals surface area contributed by atoms with Crippen molar-refractivity contribution in [3.05, 3.63) is 48.4 Å². The van der Waals surface area contributed by atoms with Crippen LogP contribution in [-0.4, -0.2) is 46.5 Å². The zero-order valence-electron chi connectivity index (χ0n) is 15.4. The number of hydrogen-bond donors (Lipinski definition) is 3. The molecule has 1 aliphatic rings. The normalized spacial score (nSPS) is 17.1. The highest BCUT2D eigenvalue weighted by Crippen LogP contribution is 2.25. The van der Waals surface area contributed by atoms with E-state index in [4.69, 9.17) is 0 Å². The monoisotopic (exact) mass is 364 g/mol. The Labute approximate surface area is 158 Å². The van der Waals surface area contributed by atoms with Crippen LogP contribution >= 0.6 is 0 Å². The molecule has 1 aliphatic heterocycles. The summed E-state index contributed by atoms with van der Waals surface area (Å²) in [6.45, 7) is 4.00. The van der Waals surface area contributed by atoms with Crippen molar-refractivity contribution in [1.82, 2.24) is 20.3 Å². The molecule has 7 nitrogen and oxygen atoms in total. The number of carbonyl (C=O) groups excluding carboxylic acids is 1. The second kappa shape index (κ2) is 7.65. The molecular formula is C20H24N6O. The Hall–Kier alpha value is -3.09. The number of aromatic amines is 1. The SMILES string of the molecule is Cc1ccccc1NCC(=O)N[C@@H]1CCCN(c2ncnc3[nH]ccc23)C1. The van der Waals surface area contributed by atoms with Crippen LogP contribution in [0.15, 0.2) is 42.9 Å². The molecule has 0 saturated carbocycles. The van der Waals surface area contributed by atoms with Crippen LogP contribution in [0.2, 0.25) is 0 Å². The lowest BCUT2D eigenvalue weighted by Crippen LogP contribution is -2.49. The van der Waals surface area contributed by atoms with E-state index < -0.39 is 0 Å². The van der Waals surface area contributed by atoms with Crippen molar-refractivity contribution < 1.29 is 4.79 Å². The molecule has 1 atom stereocenters. The van der Waals surface area contributed by atoms with E-state index in [-0.39, 0.29) is 18.5 Å². The van der Waals surface area contributed by atoms with Gasteiger partial charge in [0, 0.05) is 31.0 Å². The third-order valence-electron chi connectivity index (χ3n) is 5.00. The van der Waals surface area contributed by atoms with Gasteiger partial charge in [0.05, 0.1) is 11.9 Å². The molecule has 1 fully saturated rings. The van der Waals surface area contributed by atoms with Crippen molar-refractivity contribution in [2.75, 3.05) is 29.9 Å². The second-order valence-electron chi connectivity index (χ2n) is 6.96. The first kappa shape index (κ1) is 17.3. The molecule has 27 heavy (non-hydrogen) atoms. The van der Waals surface area contributed by atoms with Crippen LogP contribution in [0.1, 0.15) is 18.4 Å². The largest absolute Gasteiger partial charge is 0.376 e. The van der Waals surface area contributed by atoms with Gasteiger partial charge in [-0.15, -0.1) is 0 Å². The number of hydrogen-bond acceptors (Lipinski definition) is 5. The van der Waals surface area contributed by atoms with Crippen LogP contribution in [0, 0.1) is 6.92 Å². The molecule has 1 amide bonds. The Bertz CT molecular complexity index is 937. The molecule has 3 N–H and O–H groups in total. The lowest BCUT2D eigenvalue weighted by Gasteiger charge is -2.34. The van der Waals surface area contributed by atoms with Gasteiger partial charge < -0.3 is 20.5 Å². The quantitative estimate of drug-likeness (QED) is 0.647. The van der Waals surface area contributed by atoms with E-state index in [1.54, 1.807) is 6.33 Å². The number of piperidine rings is 1. The minimum Gasteiger partial charge on any atom is -0.376 e. The summed E-state index contributed by atoms with van der Waals surface area (Å²) in [7, 11) is 0. The van der Waals surface area contributed by atoms with Gasteiger partial charge in [-0.3, -0.25) is 4.79 Å². The van der Waals surface area contributed by atoms with Gasteiger partial charge >= 0.3 is 0 Å². The first-order valence-corrected chi connectivity index (χ1v) is 9.32. The number of anilines is 2. The molecule has 3 aromatic rings. The van der Waals surface area contributed by atoms with Gasteiger partial charge in [-0.05, 0) is 37.5 Å². The molecule has 0 radical (unpaired) electrons. The van der Waals surface area contributed by atoms with E-state index in [1.165, 1.54) is 0 Å². The number of benzene rings is 1. The third-order valence-corrected chi connectivity index (χ3v) is 5.00. The molecule has 0 spiro atoms. The van der Waals surface area contributed by atoms with Crippen LogP contribution < -0.4 is 15.5 Å². The molecule has 1 aromatic carbocycles. The van der Waals surface area contributed by atoms with Gasteiger partial charge in [0.2, 0.25) is 5.91 Å². The zero-order chi connectivity index (χ0) is 18.6. The minimum absolute atomic E-state index is 0.0135. The van der Waals surface area contributed by atoms with Gasteiger partial charge in [0.15, 0.2) is 0 Å². The smallest absolute Gasteiger partial charge is 0.239 e. The summed E-state index contributed by atoms with van der Waals surface area (Å²) in [6.07, 6.45) is 5.46. The maximum absolute atomic E-state index is 12.4. The van der Waals surface area contributed by atoms with Crippen molar-refractivity contribution in [2.24, 2.45) is 0 Å². The van der Waals surface area contributed by atoms with Crippen LogP contribution in [0.5, 0.6) is 0 Å². The van der Waals surface area contributed by atoms with Gasteiger partial charge in [0.25, 0.3) is 0 Å². The summed E-state index contributed by atoms with van der Waals surface area (Å²) >= 11 is 0. The van der Waals surface area contributed by atoms with E-state index in [0.29, 0.717) is 0 Å². The molecule has 3 heterocycles. The molecule has 1 saturated heterocycles. The lowest BCUT2D eigenvalue weighted by atomic mass is 10.1. The van der Waals surface area contributed by atoms with E-state index in [1.807, 2.05) is 43.5 Å². The summed E-state index contributed by atoms with van der Waals surface area (Å²) < 4.78 is 0. The average molecular weight is 364 g/mol. The molecule has 2 aromatic heterocycles. The molecule has 0 aliphatic carbocycles. The predicted molar refractivity (Wildman–Crippen MR) is 107 cm³/mol.